The van der Waals surface area contributed by atoms with Gasteiger partial charge in [0.1, 0.15) is 0 Å². The van der Waals surface area contributed by atoms with E-state index in [0.717, 1.165) is 122 Å². The molecule has 0 N–H and O–H groups in total. The van der Waals surface area contributed by atoms with Crippen molar-refractivity contribution in [3.05, 3.63) is 446 Å². The first-order valence-electron chi connectivity index (χ1n) is 43.4. The molecule has 8 nitrogen and oxygen atoms in total. The average Bonchev–Trinajstić information content (AvgIpc) is 1.56. The Morgan fingerprint density at radius 2 is 0.504 bits per heavy atom. The van der Waals surface area contributed by atoms with Gasteiger partial charge in [-0.15, -0.1) is 0 Å². The van der Waals surface area contributed by atoms with E-state index in [1.54, 1.807) is 5.56 Å². The van der Waals surface area contributed by atoms with E-state index in [1.165, 1.54) is 144 Å². The third-order valence-electron chi connectivity index (χ3n) is 25.0. The number of hydrogen-bond acceptors (Lipinski definition) is 5. The largest absolute Gasteiger partial charge is 0.313 e. The molecule has 590 valence electrons. The lowest BCUT2D eigenvalue weighted by molar-refractivity contribution is 0.575. The van der Waals surface area contributed by atoms with Gasteiger partial charge in [-0.25, -0.2) is 24.9 Å². The molecule has 1 unspecified atom stereocenters. The van der Waals surface area contributed by atoms with E-state index >= 15 is 0 Å². The molecule has 0 fully saturated rings. The van der Waals surface area contributed by atoms with Crippen molar-refractivity contribution in [2.45, 2.75) is 76.5 Å². The summed E-state index contributed by atoms with van der Waals surface area (Å²) in [5.41, 5.74) is 37.1. The molecule has 6 aromatic heterocycles. The van der Waals surface area contributed by atoms with Crippen LogP contribution in [0.1, 0.15) is 77.4 Å². The summed E-state index contributed by atoms with van der Waals surface area (Å²) in [6.07, 6.45) is 13.0. The maximum Gasteiger partial charge on any atom is 0.160 e. The minimum Gasteiger partial charge on any atom is -0.313 e. The molecule has 8 heteroatoms. The normalized spacial score (nSPS) is 13.4. The van der Waals surface area contributed by atoms with Gasteiger partial charge in [0.2, 0.25) is 0 Å². The molecule has 0 saturated carbocycles. The molecular formula is C115H90N8. The van der Waals surface area contributed by atoms with Crippen LogP contribution in [-0.2, 0) is 38.5 Å². The van der Waals surface area contributed by atoms with Gasteiger partial charge in [0.25, 0.3) is 0 Å². The van der Waals surface area contributed by atoms with Crippen molar-refractivity contribution < 1.29 is 0 Å². The van der Waals surface area contributed by atoms with Gasteiger partial charge < -0.3 is 13.7 Å². The molecule has 123 heavy (non-hydrogen) atoms. The lowest BCUT2D eigenvalue weighted by Gasteiger charge is -2.24. The third kappa shape index (κ3) is 15.4. The van der Waals surface area contributed by atoms with E-state index in [9.17, 15) is 0 Å². The van der Waals surface area contributed by atoms with E-state index in [4.69, 9.17) is 24.9 Å². The minimum absolute atomic E-state index is 0.519. The smallest absolute Gasteiger partial charge is 0.160 e. The first-order chi connectivity index (χ1) is 61.0. The van der Waals surface area contributed by atoms with Crippen LogP contribution in [0.5, 0.6) is 0 Å². The van der Waals surface area contributed by atoms with Gasteiger partial charge in [-0.1, -0.05) is 322 Å². The molecule has 20 aromatic rings. The molecule has 0 saturated heterocycles. The standard InChI is InChI=1S/C46H35N3.C35H28N2.C34H27N3/c1-5-13-32(14-6-1)37-23-27-44-40(29-37)41-30-38(33-15-7-2-8-16-33)24-28-45(41)49(44)39-25-21-35(22-26-39)43-31-42(34-17-9-3-10-18-34)47-46(48-43)36-19-11-4-12-20-36;1-3-11-26(12-4-1)32-23-28(24-33(36-32)27-13-5-2-6-14-27)25-19-21-29(22-20-25)37-34-17-9-7-15-30(34)31-16-8-10-18-35(31)37;1-3-11-24(12-4-1)30-23-31(36-34(35-30)26-13-5-2-6-14-26)25-19-21-27(22-20-25)37-32-17-9-7-15-28(32)29-16-8-10-18-33(29)37/h1-23,25-27,29,31,38H,24,28,30H2;1-7,9,11-15,17,19-24H,8,10,16,18H2;1-7,9,11-15,17,19-23H,8,10,16,18H2. The van der Waals surface area contributed by atoms with Gasteiger partial charge >= 0.3 is 0 Å². The molecule has 0 amide bonds. The van der Waals surface area contributed by atoms with Crippen molar-refractivity contribution in [3.63, 3.8) is 0 Å². The van der Waals surface area contributed by atoms with E-state index < -0.39 is 0 Å². The number of aryl methyl sites for hydroxylation is 2. The highest BCUT2D eigenvalue weighted by Crippen LogP contribution is 2.44. The topological polar surface area (TPSA) is 79.2 Å². The summed E-state index contributed by atoms with van der Waals surface area (Å²) in [6.45, 7) is 0. The zero-order valence-electron chi connectivity index (χ0n) is 68.6. The summed E-state index contributed by atoms with van der Waals surface area (Å²) in [5.74, 6) is 1.99. The Labute approximate surface area is 718 Å². The summed E-state index contributed by atoms with van der Waals surface area (Å²) in [5, 5.41) is 4.17. The molecule has 3 aliphatic rings. The van der Waals surface area contributed by atoms with Crippen molar-refractivity contribution in [1.82, 2.24) is 38.6 Å². The quantitative estimate of drug-likeness (QED) is 0.108. The second-order valence-corrected chi connectivity index (χ2v) is 32.6. The number of para-hydroxylation sites is 2. The fourth-order valence-electron chi connectivity index (χ4n) is 19.0. The second kappa shape index (κ2) is 34.0. The first-order valence-corrected chi connectivity index (χ1v) is 43.4. The van der Waals surface area contributed by atoms with E-state index in [0.29, 0.717) is 5.92 Å². The fraction of sp³-hybridized carbons (Fsp3) is 0.104. The van der Waals surface area contributed by atoms with E-state index in [2.05, 4.69) is 359 Å². The number of hydrogen-bond donors (Lipinski definition) is 0. The number of benzene rings is 14. The summed E-state index contributed by atoms with van der Waals surface area (Å²) in [6, 6.07) is 144. The summed E-state index contributed by atoms with van der Waals surface area (Å²) < 4.78 is 7.47. The van der Waals surface area contributed by atoms with Crippen LogP contribution < -0.4 is 0 Å². The zero-order valence-corrected chi connectivity index (χ0v) is 68.6. The van der Waals surface area contributed by atoms with Crippen molar-refractivity contribution in [2.24, 2.45) is 0 Å². The average molecular weight is 1580 g/mol. The molecule has 14 aromatic carbocycles. The lowest BCUT2D eigenvalue weighted by atomic mass is 9.82. The van der Waals surface area contributed by atoms with Gasteiger partial charge in [-0.3, -0.25) is 0 Å². The highest BCUT2D eigenvalue weighted by molar-refractivity contribution is 5.93. The van der Waals surface area contributed by atoms with E-state index in [-0.39, 0.29) is 0 Å². The Morgan fingerprint density at radius 1 is 0.203 bits per heavy atom. The van der Waals surface area contributed by atoms with Crippen LogP contribution in [0, 0.1) is 0 Å². The summed E-state index contributed by atoms with van der Waals surface area (Å²) >= 11 is 0. The van der Waals surface area contributed by atoms with Crippen molar-refractivity contribution in [2.75, 3.05) is 0 Å². The highest BCUT2D eigenvalue weighted by Gasteiger charge is 2.29. The van der Waals surface area contributed by atoms with Gasteiger partial charge in [0.15, 0.2) is 11.6 Å². The van der Waals surface area contributed by atoms with Crippen LogP contribution in [0.4, 0.5) is 0 Å². The molecule has 6 heterocycles. The SMILES string of the molecule is c1ccc(-c2cc(-c3ccc(-n4c5c(c6ccccc64)CCCC5)cc3)cc(-c3ccccc3)n2)cc1.c1ccc(-c2cc(-c3ccc(-n4c5c(c6ccccc64)CCCC5)cc3)nc(-c3ccccc3)n2)cc1.c1ccc(-c2ccc3c(c2)c2c(n3-c3ccc(-c4cc(-c5ccccc5)nc(-c5ccccc5)n4)cc3)CCC(c3ccccc3)C2)cc1. The number of nitrogens with zero attached hydrogens (tertiary/aromatic N) is 8. The van der Waals surface area contributed by atoms with Crippen LogP contribution >= 0.6 is 0 Å². The number of aromatic nitrogens is 8. The van der Waals surface area contributed by atoms with Crippen LogP contribution in [-0.4, -0.2) is 38.6 Å². The Hall–Kier alpha value is -15.0. The Bertz CT molecular complexity index is 6700. The predicted molar refractivity (Wildman–Crippen MR) is 508 cm³/mol. The number of pyridine rings is 1. The van der Waals surface area contributed by atoms with Crippen LogP contribution in [0.2, 0.25) is 0 Å². The Morgan fingerprint density at radius 3 is 0.911 bits per heavy atom. The maximum absolute atomic E-state index is 5.07. The van der Waals surface area contributed by atoms with Crippen LogP contribution in [0.3, 0.4) is 0 Å². The lowest BCUT2D eigenvalue weighted by Crippen LogP contribution is -2.14. The van der Waals surface area contributed by atoms with Gasteiger partial charge in [-0.05, 0) is 206 Å². The van der Waals surface area contributed by atoms with Crippen molar-refractivity contribution >= 4 is 32.7 Å². The molecule has 0 bridgehead atoms. The Balaban J connectivity index is 0.000000115. The fourth-order valence-corrected chi connectivity index (χ4v) is 19.0. The van der Waals surface area contributed by atoms with Crippen molar-refractivity contribution in [3.8, 4) is 130 Å². The summed E-state index contributed by atoms with van der Waals surface area (Å²) in [4.78, 5) is 25.0. The molecule has 0 radical (unpaired) electrons. The molecule has 23 rings (SSSR count). The molecule has 3 aliphatic carbocycles. The van der Waals surface area contributed by atoms with Gasteiger partial charge in [0.05, 0.1) is 50.7 Å². The molecule has 0 spiro atoms. The maximum atomic E-state index is 5.07. The molecule has 1 atom stereocenters. The van der Waals surface area contributed by atoms with Crippen LogP contribution in [0.25, 0.3) is 162 Å². The van der Waals surface area contributed by atoms with Crippen molar-refractivity contribution in [1.29, 1.82) is 0 Å². The van der Waals surface area contributed by atoms with Crippen LogP contribution in [0.15, 0.2) is 406 Å². The zero-order chi connectivity index (χ0) is 81.8. The summed E-state index contributed by atoms with van der Waals surface area (Å²) in [7, 11) is 0. The second-order valence-electron chi connectivity index (χ2n) is 32.6. The van der Waals surface area contributed by atoms with Gasteiger partial charge in [-0.2, -0.15) is 0 Å². The van der Waals surface area contributed by atoms with Gasteiger partial charge in [0, 0.05) is 94.8 Å². The number of fused-ring (bicyclic) bond motifs is 9. The predicted octanol–water partition coefficient (Wildman–Crippen LogP) is 28.6. The number of rotatable bonds is 14. The highest BCUT2D eigenvalue weighted by atomic mass is 15.0. The molecule has 0 aliphatic heterocycles. The molecular weight excluding hydrogens is 1490 g/mol. The third-order valence-corrected chi connectivity index (χ3v) is 25.0. The minimum atomic E-state index is 0.519. The monoisotopic (exact) mass is 1580 g/mol. The first kappa shape index (κ1) is 75.5. The van der Waals surface area contributed by atoms with E-state index in [1.807, 2.05) is 60.7 Å². The Kier molecular flexibility index (Phi) is 20.9.